The Morgan fingerprint density at radius 3 is 2.74 bits per heavy atom. The van der Waals surface area contributed by atoms with Gasteiger partial charge in [-0.3, -0.25) is 27.8 Å². The smallest absolute Gasteiger partial charge is 0.478 e. The molecule has 1 radical (unpaired) electrons. The number of aryl methyl sites for hydroxylation is 1. The molecular formula is C14H19N7NaO10P2. The fourth-order valence-electron chi connectivity index (χ4n) is 3.31. The number of aromatic amines is 1. The number of ether oxygens (including phenoxy) is 1. The number of nitrogens with two attached hydrogens (primary N) is 1. The fraction of sp³-hybridized carbons (Fsp3) is 0.429. The van der Waals surface area contributed by atoms with Crippen LogP contribution in [0.25, 0.3) is 11.2 Å². The minimum atomic E-state index is -5.18. The standard InChI is InChI=1S/C14H19N7O10P2.Na/c1-19-6-21(11-8(19)12(24)18-14(15)17-11)13-10(23)9(22)7(30-13)4-29-33(27,28)31-32(25,26)20-3-2-16-5-20;/h2-3,5-7,9-10,13,22-23H,4H2,1H3,(H4-,15,17,18,24,25,26,27,28);/t7-,9-,10-,13-;/m1./s1. The van der Waals surface area contributed by atoms with Gasteiger partial charge in [-0.15, -0.1) is 0 Å². The number of aliphatic hydroxyl groups excluding tert-OH is 2. The van der Waals surface area contributed by atoms with Gasteiger partial charge in [-0.1, -0.05) is 4.98 Å². The van der Waals surface area contributed by atoms with Crippen LogP contribution in [0.3, 0.4) is 0 Å². The summed E-state index contributed by atoms with van der Waals surface area (Å²) < 4.78 is 41.6. The first-order chi connectivity index (χ1) is 15.4. The van der Waals surface area contributed by atoms with Crippen LogP contribution < -0.4 is 20.8 Å². The number of hydrogen-bond donors (Lipinski definition) is 5. The van der Waals surface area contributed by atoms with Crippen molar-refractivity contribution >= 4 is 62.2 Å². The summed E-state index contributed by atoms with van der Waals surface area (Å²) in [4.78, 5) is 43.8. The van der Waals surface area contributed by atoms with Gasteiger partial charge in [0.25, 0.3) is 11.5 Å². The Hall–Kier alpha value is -1.46. The summed E-state index contributed by atoms with van der Waals surface area (Å²) >= 11 is 0. The molecule has 0 saturated carbocycles. The maximum absolute atomic E-state index is 12.2. The minimum Gasteiger partial charge on any atom is -0.761 e. The third-order valence-electron chi connectivity index (χ3n) is 4.78. The van der Waals surface area contributed by atoms with Crippen LogP contribution >= 0.6 is 15.6 Å². The minimum absolute atomic E-state index is 0. The van der Waals surface area contributed by atoms with Crippen LogP contribution in [0, 0.1) is 0 Å². The van der Waals surface area contributed by atoms with Crippen molar-refractivity contribution in [2.75, 3.05) is 12.3 Å². The average molecular weight is 530 g/mol. The number of anilines is 1. The van der Waals surface area contributed by atoms with Crippen molar-refractivity contribution in [2.45, 2.75) is 24.5 Å². The van der Waals surface area contributed by atoms with Crippen LogP contribution in [-0.2, 0) is 29.7 Å². The van der Waals surface area contributed by atoms with E-state index in [4.69, 9.17) is 10.5 Å². The number of phosphoric ester groups is 1. The zero-order valence-corrected chi connectivity index (χ0v) is 21.5. The van der Waals surface area contributed by atoms with Crippen molar-refractivity contribution in [3.05, 3.63) is 35.4 Å². The maximum Gasteiger partial charge on any atom is 0.478 e. The molecule has 0 aliphatic carbocycles. The van der Waals surface area contributed by atoms with Crippen LogP contribution in [0.15, 0.2) is 29.8 Å². The van der Waals surface area contributed by atoms with E-state index < -0.39 is 52.3 Å². The molecule has 6 atom stereocenters. The number of nitrogen functional groups attached to an aromatic ring is 1. The van der Waals surface area contributed by atoms with Crippen LogP contribution in [-0.4, -0.2) is 93.4 Å². The van der Waals surface area contributed by atoms with E-state index in [0.29, 0.717) is 4.34 Å². The number of rotatable bonds is 7. The van der Waals surface area contributed by atoms with Gasteiger partial charge in [0.05, 0.1) is 13.7 Å². The largest absolute Gasteiger partial charge is 0.761 e. The molecule has 4 heterocycles. The normalized spacial score (nSPS) is 26.1. The second kappa shape index (κ2) is 9.89. The number of imidazole rings is 2. The first-order valence-corrected chi connectivity index (χ1v) is 12.1. The number of nitrogens with zero attached hydrogens (tertiary/aromatic N) is 5. The number of fused-ring (bicyclic) bond motifs is 1. The molecule has 1 aliphatic rings. The van der Waals surface area contributed by atoms with Crippen molar-refractivity contribution in [1.29, 1.82) is 0 Å². The van der Waals surface area contributed by atoms with E-state index in [1.807, 2.05) is 0 Å². The molecule has 34 heavy (non-hydrogen) atoms. The summed E-state index contributed by atoms with van der Waals surface area (Å²) in [5.74, 6) is -0.196. The molecule has 181 valence electrons. The molecule has 4 rings (SSSR count). The summed E-state index contributed by atoms with van der Waals surface area (Å²) in [5.41, 5.74) is 5.18. The second-order valence-electron chi connectivity index (χ2n) is 7.06. The van der Waals surface area contributed by atoms with E-state index in [1.54, 1.807) is 0 Å². The van der Waals surface area contributed by atoms with Crippen molar-refractivity contribution in [2.24, 2.45) is 7.05 Å². The van der Waals surface area contributed by atoms with Crippen molar-refractivity contribution in [1.82, 2.24) is 23.9 Å². The van der Waals surface area contributed by atoms with Gasteiger partial charge in [0.2, 0.25) is 19.5 Å². The number of H-pyrrole nitrogens is 1. The first kappa shape index (κ1) is 27.1. The second-order valence-corrected chi connectivity index (χ2v) is 10.3. The van der Waals surface area contributed by atoms with Gasteiger partial charge in [0.15, 0.2) is 6.33 Å². The zero-order valence-electron chi connectivity index (χ0n) is 17.7. The molecule has 0 aromatic carbocycles. The molecule has 0 bridgehead atoms. The quantitative estimate of drug-likeness (QED) is 0.114. The summed E-state index contributed by atoms with van der Waals surface area (Å²) in [7, 11) is -8.69. The Bertz CT molecular complexity index is 1330. The molecule has 2 unspecified atom stereocenters. The van der Waals surface area contributed by atoms with E-state index >= 15 is 0 Å². The molecule has 1 fully saturated rings. The summed E-state index contributed by atoms with van der Waals surface area (Å²) in [6, 6.07) is 0. The summed E-state index contributed by atoms with van der Waals surface area (Å²) in [6.07, 6.45) is -1.57. The van der Waals surface area contributed by atoms with E-state index in [0.717, 1.165) is 18.7 Å². The number of aliphatic hydroxyl groups is 2. The average Bonchev–Trinajstić information content (AvgIpc) is 3.41. The van der Waals surface area contributed by atoms with Gasteiger partial charge in [-0.05, 0) is 0 Å². The summed E-state index contributed by atoms with van der Waals surface area (Å²) in [6.45, 7) is -0.825. The van der Waals surface area contributed by atoms with Crippen molar-refractivity contribution < 1.29 is 47.3 Å². The predicted molar refractivity (Wildman–Crippen MR) is 110 cm³/mol. The molecule has 3 aromatic rings. The van der Waals surface area contributed by atoms with E-state index in [1.165, 1.54) is 22.5 Å². The van der Waals surface area contributed by atoms with Crippen molar-refractivity contribution in [3.8, 4) is 0 Å². The fourth-order valence-corrected chi connectivity index (χ4v) is 5.63. The molecule has 3 aromatic heterocycles. The monoisotopic (exact) mass is 530 g/mol. The van der Waals surface area contributed by atoms with E-state index in [9.17, 15) is 33.9 Å². The first-order valence-electron chi connectivity index (χ1n) is 9.16. The Morgan fingerprint density at radius 2 is 2.09 bits per heavy atom. The zero-order chi connectivity index (χ0) is 24.1. The number of phosphoric acid groups is 1. The van der Waals surface area contributed by atoms with Gasteiger partial charge < -0.3 is 30.5 Å². The SMILES string of the molecule is Cn1c[n+]([C@@H]2O[C@H](COP(=O)(O)OP(=O)([O-])n3ccnc3)[C@@H](O)[C@H]2O)c2nc(N)[nH]c(=O)c21.[Na]. The molecule has 0 spiro atoms. The van der Waals surface area contributed by atoms with Gasteiger partial charge >= 0.3 is 13.5 Å². The van der Waals surface area contributed by atoms with Crippen LogP contribution in [0.2, 0.25) is 0 Å². The van der Waals surface area contributed by atoms with Gasteiger partial charge in [0.1, 0.15) is 24.6 Å². The Labute approximate surface area is 212 Å². The van der Waals surface area contributed by atoms with Gasteiger partial charge in [0, 0.05) is 42.0 Å². The van der Waals surface area contributed by atoms with Gasteiger partial charge in [-0.2, -0.15) is 0 Å². The molecule has 1 saturated heterocycles. The topological polar surface area (TPSA) is 244 Å². The molecular weight excluding hydrogens is 511 g/mol. The van der Waals surface area contributed by atoms with Crippen LogP contribution in [0.5, 0.6) is 0 Å². The third kappa shape index (κ3) is 5.21. The Morgan fingerprint density at radius 1 is 1.38 bits per heavy atom. The summed E-state index contributed by atoms with van der Waals surface area (Å²) in [5, 5.41) is 20.8. The third-order valence-corrected chi connectivity index (χ3v) is 7.71. The molecule has 17 nitrogen and oxygen atoms in total. The Kier molecular flexibility index (Phi) is 7.89. The van der Waals surface area contributed by atoms with E-state index in [2.05, 4.69) is 23.8 Å². The predicted octanol–water partition coefficient (Wildman–Crippen LogP) is -3.28. The van der Waals surface area contributed by atoms with E-state index in [-0.39, 0.29) is 46.7 Å². The van der Waals surface area contributed by atoms with Gasteiger partial charge in [-0.25, -0.2) is 18.4 Å². The molecule has 1 aliphatic heterocycles. The number of aromatic nitrogens is 6. The molecule has 6 N–H and O–H groups in total. The maximum atomic E-state index is 12.2. The number of hydrogen-bond acceptors (Lipinski definition) is 12. The molecule has 0 amide bonds. The number of nitrogens with one attached hydrogen (secondary N) is 1. The van der Waals surface area contributed by atoms with Crippen molar-refractivity contribution in [3.63, 3.8) is 0 Å². The van der Waals surface area contributed by atoms with Crippen LogP contribution in [0.4, 0.5) is 5.95 Å². The van der Waals surface area contributed by atoms with Crippen LogP contribution in [0.1, 0.15) is 6.23 Å². The molecule has 20 heteroatoms. The Balaban J connectivity index is 0.00000324.